The summed E-state index contributed by atoms with van der Waals surface area (Å²) < 4.78 is 0. The number of hydrogen-bond acceptors (Lipinski definition) is 3. The molecular formula is C20H22Cl3N3O. The normalized spacial score (nSPS) is 15.0. The lowest BCUT2D eigenvalue weighted by Gasteiger charge is -2.35. The summed E-state index contributed by atoms with van der Waals surface area (Å²) in [6, 6.07) is 11.1. The van der Waals surface area contributed by atoms with Crippen molar-refractivity contribution in [2.75, 3.05) is 43.4 Å². The molecule has 1 aliphatic rings. The Morgan fingerprint density at radius 1 is 1.07 bits per heavy atom. The molecule has 0 bridgehead atoms. The number of amides is 1. The minimum absolute atomic E-state index is 0.0799. The largest absolute Gasteiger partial charge is 0.367 e. The summed E-state index contributed by atoms with van der Waals surface area (Å²) in [5.74, 6) is -0.0799. The zero-order valence-corrected chi connectivity index (χ0v) is 17.4. The van der Waals surface area contributed by atoms with Crippen LogP contribution in [0.3, 0.4) is 0 Å². The molecule has 2 aromatic rings. The molecule has 1 aliphatic heterocycles. The van der Waals surface area contributed by atoms with Crippen LogP contribution in [-0.4, -0.2) is 44.0 Å². The quantitative estimate of drug-likeness (QED) is 0.733. The maximum Gasteiger partial charge on any atom is 0.224 e. The fourth-order valence-electron chi connectivity index (χ4n) is 3.13. The molecular weight excluding hydrogens is 405 g/mol. The first-order valence-electron chi connectivity index (χ1n) is 8.90. The van der Waals surface area contributed by atoms with E-state index < -0.39 is 0 Å². The first kappa shape index (κ1) is 20.3. The maximum atomic E-state index is 12.5. The molecule has 3 rings (SSSR count). The summed E-state index contributed by atoms with van der Waals surface area (Å²) in [6.07, 6.45) is 0.838. The lowest BCUT2D eigenvalue weighted by Crippen LogP contribution is -2.44. The van der Waals surface area contributed by atoms with Crippen LogP contribution in [0.4, 0.5) is 11.4 Å². The third-order valence-electron chi connectivity index (χ3n) is 4.73. The molecule has 27 heavy (non-hydrogen) atoms. The minimum atomic E-state index is -0.0799. The molecule has 1 heterocycles. The number of benzene rings is 2. The van der Waals surface area contributed by atoms with E-state index in [4.69, 9.17) is 34.8 Å². The van der Waals surface area contributed by atoms with Crippen molar-refractivity contribution < 1.29 is 4.79 Å². The van der Waals surface area contributed by atoms with Crippen LogP contribution in [-0.2, 0) is 11.2 Å². The summed E-state index contributed by atoms with van der Waals surface area (Å²) in [4.78, 5) is 17.1. The van der Waals surface area contributed by atoms with Crippen molar-refractivity contribution in [1.82, 2.24) is 4.90 Å². The van der Waals surface area contributed by atoms with Crippen LogP contribution in [0.15, 0.2) is 36.4 Å². The Kier molecular flexibility index (Phi) is 6.88. The van der Waals surface area contributed by atoms with E-state index in [9.17, 15) is 4.79 Å². The number of anilines is 2. The fourth-order valence-corrected chi connectivity index (χ4v) is 3.72. The summed E-state index contributed by atoms with van der Waals surface area (Å²) in [5.41, 5.74) is 2.61. The molecule has 0 spiro atoms. The van der Waals surface area contributed by atoms with Crippen LogP contribution < -0.4 is 10.2 Å². The van der Waals surface area contributed by atoms with Gasteiger partial charge in [0.2, 0.25) is 5.91 Å². The van der Waals surface area contributed by atoms with Crippen LogP contribution in [0.25, 0.3) is 0 Å². The van der Waals surface area contributed by atoms with Gasteiger partial charge >= 0.3 is 0 Å². The molecule has 0 aromatic heterocycles. The van der Waals surface area contributed by atoms with Gasteiger partial charge in [-0.25, -0.2) is 0 Å². The Labute approximate surface area is 175 Å². The summed E-state index contributed by atoms with van der Waals surface area (Å²) in [5, 5.41) is 4.62. The molecule has 4 nitrogen and oxygen atoms in total. The van der Waals surface area contributed by atoms with Gasteiger partial charge < -0.3 is 15.1 Å². The van der Waals surface area contributed by atoms with Gasteiger partial charge in [0.25, 0.3) is 0 Å². The maximum absolute atomic E-state index is 12.5. The third-order valence-corrected chi connectivity index (χ3v) is 5.82. The molecule has 0 radical (unpaired) electrons. The Balaban J connectivity index is 1.68. The van der Waals surface area contributed by atoms with Crippen LogP contribution in [0.1, 0.15) is 12.0 Å². The van der Waals surface area contributed by atoms with Crippen molar-refractivity contribution in [2.24, 2.45) is 0 Å². The lowest BCUT2D eigenvalue weighted by molar-refractivity contribution is -0.116. The zero-order valence-electron chi connectivity index (χ0n) is 15.1. The molecule has 144 valence electrons. The Bertz CT molecular complexity index is 820. The Morgan fingerprint density at radius 3 is 2.56 bits per heavy atom. The van der Waals surface area contributed by atoms with Gasteiger partial charge in [-0.2, -0.15) is 0 Å². The van der Waals surface area contributed by atoms with Crippen LogP contribution in [0.2, 0.25) is 15.1 Å². The van der Waals surface area contributed by atoms with Crippen molar-refractivity contribution in [3.05, 3.63) is 57.0 Å². The van der Waals surface area contributed by atoms with E-state index in [0.29, 0.717) is 27.9 Å². The van der Waals surface area contributed by atoms with Crippen molar-refractivity contribution >= 4 is 52.1 Å². The number of carbonyl (C=O) groups excluding carboxylic acids is 1. The average Bonchev–Trinajstić information content (AvgIpc) is 2.64. The number of hydrogen-bond donors (Lipinski definition) is 1. The number of nitrogens with one attached hydrogen (secondary N) is 1. The van der Waals surface area contributed by atoms with Gasteiger partial charge in [0, 0.05) is 37.6 Å². The number of carbonyl (C=O) groups is 1. The Hall–Kier alpha value is -1.46. The molecule has 1 N–H and O–H groups in total. The number of halogens is 3. The predicted octanol–water partition coefficient (Wildman–Crippen LogP) is 4.97. The van der Waals surface area contributed by atoms with Gasteiger partial charge in [0.1, 0.15) is 0 Å². The third kappa shape index (κ3) is 5.29. The van der Waals surface area contributed by atoms with Crippen molar-refractivity contribution in [1.29, 1.82) is 0 Å². The smallest absolute Gasteiger partial charge is 0.224 e. The van der Waals surface area contributed by atoms with Gasteiger partial charge in [-0.1, -0.05) is 46.9 Å². The highest BCUT2D eigenvalue weighted by Gasteiger charge is 2.18. The predicted molar refractivity (Wildman–Crippen MR) is 115 cm³/mol. The molecule has 0 atom stereocenters. The van der Waals surface area contributed by atoms with Crippen molar-refractivity contribution in [2.45, 2.75) is 12.8 Å². The second-order valence-electron chi connectivity index (χ2n) is 6.71. The highest BCUT2D eigenvalue weighted by molar-refractivity contribution is 6.42. The highest BCUT2D eigenvalue weighted by Crippen LogP contribution is 2.31. The first-order valence-corrected chi connectivity index (χ1v) is 10.0. The molecule has 0 aliphatic carbocycles. The molecule has 0 saturated carbocycles. The number of likely N-dealkylation sites (N-methyl/N-ethyl adjacent to an activating group) is 1. The fraction of sp³-hybridized carbons (Fsp3) is 0.350. The van der Waals surface area contributed by atoms with Crippen molar-refractivity contribution in [3.8, 4) is 0 Å². The first-order chi connectivity index (χ1) is 12.9. The minimum Gasteiger partial charge on any atom is -0.367 e. The number of nitrogens with zero attached hydrogens (tertiary/aromatic N) is 2. The van der Waals surface area contributed by atoms with E-state index in [1.807, 2.05) is 24.3 Å². The summed E-state index contributed by atoms with van der Waals surface area (Å²) in [6.45, 7) is 3.81. The number of piperazine rings is 1. The van der Waals surface area contributed by atoms with E-state index in [0.717, 1.165) is 43.1 Å². The average molecular weight is 427 g/mol. The molecule has 7 heteroatoms. The van der Waals surface area contributed by atoms with Crippen LogP contribution in [0, 0.1) is 0 Å². The van der Waals surface area contributed by atoms with Gasteiger partial charge in [0.05, 0.1) is 21.4 Å². The van der Waals surface area contributed by atoms with Crippen LogP contribution >= 0.6 is 34.8 Å². The monoisotopic (exact) mass is 425 g/mol. The standard InChI is InChI=1S/C20H22Cl3N3O/c1-25-9-11-26(12-10-25)18-7-6-15(21)13-17(18)24-19(27)8-5-14-3-2-4-16(22)20(14)23/h2-4,6-7,13H,5,8-12H2,1H3,(H,24,27). The molecule has 1 saturated heterocycles. The van der Waals surface area contributed by atoms with Gasteiger partial charge in [-0.3, -0.25) is 4.79 Å². The van der Waals surface area contributed by atoms with Gasteiger partial charge in [0.15, 0.2) is 0 Å². The SMILES string of the molecule is CN1CCN(c2ccc(Cl)cc2NC(=O)CCc2cccc(Cl)c2Cl)CC1. The van der Waals surface area contributed by atoms with Gasteiger partial charge in [-0.15, -0.1) is 0 Å². The molecule has 2 aromatic carbocycles. The summed E-state index contributed by atoms with van der Waals surface area (Å²) >= 11 is 18.4. The number of aryl methyl sites for hydroxylation is 1. The van der Waals surface area contributed by atoms with E-state index >= 15 is 0 Å². The van der Waals surface area contributed by atoms with Crippen LogP contribution in [0.5, 0.6) is 0 Å². The van der Waals surface area contributed by atoms with E-state index in [1.54, 1.807) is 12.1 Å². The second-order valence-corrected chi connectivity index (χ2v) is 7.93. The van der Waals surface area contributed by atoms with E-state index in [1.165, 1.54) is 0 Å². The summed E-state index contributed by atoms with van der Waals surface area (Å²) in [7, 11) is 2.11. The Morgan fingerprint density at radius 2 is 1.81 bits per heavy atom. The van der Waals surface area contributed by atoms with Gasteiger partial charge in [-0.05, 0) is 43.3 Å². The number of rotatable bonds is 5. The van der Waals surface area contributed by atoms with Crippen molar-refractivity contribution in [3.63, 3.8) is 0 Å². The van der Waals surface area contributed by atoms with E-state index in [-0.39, 0.29) is 5.91 Å². The highest BCUT2D eigenvalue weighted by atomic mass is 35.5. The molecule has 1 amide bonds. The molecule has 0 unspecified atom stereocenters. The van der Waals surface area contributed by atoms with E-state index in [2.05, 4.69) is 22.2 Å². The zero-order chi connectivity index (χ0) is 19.4. The topological polar surface area (TPSA) is 35.6 Å². The lowest BCUT2D eigenvalue weighted by atomic mass is 10.1. The second kappa shape index (κ2) is 9.16. The molecule has 1 fully saturated rings.